The Morgan fingerprint density at radius 1 is 1.12 bits per heavy atom. The van der Waals surface area contributed by atoms with Crippen LogP contribution in [0.5, 0.6) is 0 Å². The Labute approximate surface area is 173 Å². The topological polar surface area (TPSA) is 42.9 Å². The van der Waals surface area contributed by atoms with Crippen molar-refractivity contribution >= 4 is 29.9 Å². The molecule has 1 saturated heterocycles. The van der Waals surface area contributed by atoms with E-state index in [-0.39, 0.29) is 24.0 Å². The highest BCUT2D eigenvalue weighted by Crippen LogP contribution is 2.16. The van der Waals surface area contributed by atoms with Crippen molar-refractivity contribution in [3.8, 4) is 0 Å². The molecule has 0 aromatic rings. The Morgan fingerprint density at radius 2 is 1.72 bits per heavy atom. The first-order valence-corrected chi connectivity index (χ1v) is 9.90. The molecule has 2 N–H and O–H groups in total. The van der Waals surface area contributed by atoms with E-state index in [1.807, 2.05) is 7.05 Å². The van der Waals surface area contributed by atoms with Gasteiger partial charge in [-0.25, -0.2) is 0 Å². The summed E-state index contributed by atoms with van der Waals surface area (Å²) < 4.78 is 0. The van der Waals surface area contributed by atoms with Crippen LogP contribution >= 0.6 is 24.0 Å². The van der Waals surface area contributed by atoms with Crippen LogP contribution in [0.4, 0.5) is 0 Å². The summed E-state index contributed by atoms with van der Waals surface area (Å²) in [6.45, 7) is 18.1. The van der Waals surface area contributed by atoms with Gasteiger partial charge in [0, 0.05) is 38.8 Å². The van der Waals surface area contributed by atoms with Crippen molar-refractivity contribution in [1.29, 1.82) is 0 Å². The quantitative estimate of drug-likeness (QED) is 0.311. The molecule has 0 spiro atoms. The normalized spacial score (nSPS) is 17.2. The number of halogens is 1. The molecule has 0 aliphatic carbocycles. The molecule has 0 amide bonds. The fraction of sp³-hybridized carbons (Fsp3) is 0.947. The minimum atomic E-state index is 0. The van der Waals surface area contributed by atoms with Crippen LogP contribution in [0.1, 0.15) is 53.9 Å². The van der Waals surface area contributed by atoms with Gasteiger partial charge < -0.3 is 15.5 Å². The molecule has 0 atom stereocenters. The second kappa shape index (κ2) is 14.0. The van der Waals surface area contributed by atoms with Gasteiger partial charge >= 0.3 is 0 Å². The summed E-state index contributed by atoms with van der Waals surface area (Å²) in [5, 5.41) is 6.99. The minimum absolute atomic E-state index is 0. The number of nitrogens with one attached hydrogen (secondary N) is 2. The average molecular weight is 467 g/mol. The molecule has 6 heteroatoms. The molecule has 1 fully saturated rings. The number of likely N-dealkylation sites (tertiary alicyclic amines) is 1. The van der Waals surface area contributed by atoms with Crippen LogP contribution in [0, 0.1) is 5.92 Å². The number of guanidine groups is 1. The van der Waals surface area contributed by atoms with Crippen LogP contribution in [0.2, 0.25) is 0 Å². The maximum Gasteiger partial charge on any atom is 0.191 e. The van der Waals surface area contributed by atoms with E-state index in [9.17, 15) is 0 Å². The van der Waals surface area contributed by atoms with Crippen LogP contribution in [-0.2, 0) is 0 Å². The summed E-state index contributed by atoms with van der Waals surface area (Å²) in [5.74, 6) is 1.72. The van der Waals surface area contributed by atoms with Crippen molar-refractivity contribution in [3.63, 3.8) is 0 Å². The van der Waals surface area contributed by atoms with Gasteiger partial charge in [-0.2, -0.15) is 0 Å². The molecule has 1 rings (SSSR count). The highest BCUT2D eigenvalue weighted by atomic mass is 127. The molecular weight excluding hydrogens is 425 g/mol. The zero-order valence-electron chi connectivity index (χ0n) is 17.3. The van der Waals surface area contributed by atoms with Crippen LogP contribution in [0.3, 0.4) is 0 Å². The Balaban J connectivity index is 0.00000576. The van der Waals surface area contributed by atoms with Crippen molar-refractivity contribution in [2.45, 2.75) is 66.0 Å². The van der Waals surface area contributed by atoms with Gasteiger partial charge in [0.25, 0.3) is 0 Å². The molecule has 0 bridgehead atoms. The summed E-state index contributed by atoms with van der Waals surface area (Å²) >= 11 is 0. The lowest BCUT2D eigenvalue weighted by Crippen LogP contribution is -2.46. The van der Waals surface area contributed by atoms with Crippen LogP contribution in [-0.4, -0.2) is 74.2 Å². The van der Waals surface area contributed by atoms with E-state index < -0.39 is 0 Å². The number of rotatable bonds is 9. The van der Waals surface area contributed by atoms with Gasteiger partial charge in [0.15, 0.2) is 5.96 Å². The number of hydrogen-bond donors (Lipinski definition) is 2. The lowest BCUT2D eigenvalue weighted by Gasteiger charge is -2.32. The second-order valence-corrected chi connectivity index (χ2v) is 7.59. The van der Waals surface area contributed by atoms with E-state index in [1.54, 1.807) is 0 Å². The van der Waals surface area contributed by atoms with Gasteiger partial charge in [-0.1, -0.05) is 6.92 Å². The molecule has 150 valence electrons. The third-order valence-corrected chi connectivity index (χ3v) is 5.02. The monoisotopic (exact) mass is 467 g/mol. The second-order valence-electron chi connectivity index (χ2n) is 7.59. The van der Waals surface area contributed by atoms with E-state index in [1.165, 1.54) is 38.9 Å². The number of aliphatic imine (C=N–C) groups is 1. The smallest absolute Gasteiger partial charge is 0.191 e. The Kier molecular flexibility index (Phi) is 14.0. The summed E-state index contributed by atoms with van der Waals surface area (Å²) in [4.78, 5) is 9.47. The predicted octanol–water partition coefficient (Wildman–Crippen LogP) is 3.01. The highest BCUT2D eigenvalue weighted by molar-refractivity contribution is 14.0. The standard InChI is InChI=1S/C19H41N5.HI/c1-7-11-23-12-8-18(9-13-23)15-22-19(20-6)21-10-14-24(16(2)3)17(4)5;/h16-18H,7-15H2,1-6H3,(H2,20,21,22);1H. The van der Waals surface area contributed by atoms with E-state index >= 15 is 0 Å². The highest BCUT2D eigenvalue weighted by Gasteiger charge is 2.18. The maximum absolute atomic E-state index is 4.37. The van der Waals surface area contributed by atoms with E-state index in [2.05, 4.69) is 60.0 Å². The van der Waals surface area contributed by atoms with Crippen LogP contribution in [0.25, 0.3) is 0 Å². The number of nitrogens with zero attached hydrogens (tertiary/aromatic N) is 3. The first-order chi connectivity index (χ1) is 11.5. The zero-order valence-corrected chi connectivity index (χ0v) is 19.7. The summed E-state index contributed by atoms with van der Waals surface area (Å²) in [7, 11) is 1.86. The van der Waals surface area contributed by atoms with Gasteiger partial charge in [0.1, 0.15) is 0 Å². The average Bonchev–Trinajstić information content (AvgIpc) is 2.55. The molecule has 1 aliphatic heterocycles. The molecular formula is C19H42IN5. The fourth-order valence-electron chi connectivity index (χ4n) is 3.61. The van der Waals surface area contributed by atoms with Gasteiger partial charge in [-0.3, -0.25) is 9.89 Å². The SMILES string of the molecule is CCCN1CCC(CNC(=NC)NCCN(C(C)C)C(C)C)CC1.I. The first kappa shape index (κ1) is 24.9. The Hall–Kier alpha value is -0.0800. The Morgan fingerprint density at radius 3 is 2.20 bits per heavy atom. The number of hydrogen-bond acceptors (Lipinski definition) is 3. The molecule has 0 aromatic heterocycles. The largest absolute Gasteiger partial charge is 0.356 e. The fourth-order valence-corrected chi connectivity index (χ4v) is 3.61. The zero-order chi connectivity index (χ0) is 17.9. The third-order valence-electron chi connectivity index (χ3n) is 5.02. The summed E-state index contributed by atoms with van der Waals surface area (Å²) in [6, 6.07) is 1.16. The molecule has 0 aromatic carbocycles. The van der Waals surface area contributed by atoms with Gasteiger partial charge in [0.2, 0.25) is 0 Å². The molecule has 5 nitrogen and oxygen atoms in total. The molecule has 0 radical (unpaired) electrons. The van der Waals surface area contributed by atoms with Crippen molar-refractivity contribution in [1.82, 2.24) is 20.4 Å². The molecule has 0 unspecified atom stereocenters. The van der Waals surface area contributed by atoms with E-state index in [0.717, 1.165) is 31.5 Å². The molecule has 1 heterocycles. The third kappa shape index (κ3) is 9.99. The summed E-state index contributed by atoms with van der Waals surface area (Å²) in [5.41, 5.74) is 0. The van der Waals surface area contributed by atoms with Crippen LogP contribution in [0.15, 0.2) is 4.99 Å². The van der Waals surface area contributed by atoms with Gasteiger partial charge in [-0.05, 0) is 72.5 Å². The Bertz CT molecular complexity index is 344. The van der Waals surface area contributed by atoms with Crippen molar-refractivity contribution in [3.05, 3.63) is 0 Å². The predicted molar refractivity (Wildman–Crippen MR) is 121 cm³/mol. The van der Waals surface area contributed by atoms with Crippen molar-refractivity contribution in [2.75, 3.05) is 46.3 Å². The first-order valence-electron chi connectivity index (χ1n) is 9.90. The minimum Gasteiger partial charge on any atom is -0.356 e. The van der Waals surface area contributed by atoms with E-state index in [4.69, 9.17) is 0 Å². The van der Waals surface area contributed by atoms with Gasteiger partial charge in [-0.15, -0.1) is 24.0 Å². The molecule has 25 heavy (non-hydrogen) atoms. The lowest BCUT2D eigenvalue weighted by molar-refractivity contribution is 0.178. The maximum atomic E-state index is 4.37. The molecule has 1 aliphatic rings. The van der Waals surface area contributed by atoms with Crippen LogP contribution < -0.4 is 10.6 Å². The van der Waals surface area contributed by atoms with Crippen molar-refractivity contribution in [2.24, 2.45) is 10.9 Å². The van der Waals surface area contributed by atoms with Crippen molar-refractivity contribution < 1.29 is 0 Å². The lowest BCUT2D eigenvalue weighted by atomic mass is 9.97. The molecule has 0 saturated carbocycles. The number of piperidine rings is 1. The van der Waals surface area contributed by atoms with Gasteiger partial charge in [0.05, 0.1) is 0 Å². The summed E-state index contributed by atoms with van der Waals surface area (Å²) in [6.07, 6.45) is 3.88. The van der Waals surface area contributed by atoms with E-state index in [0.29, 0.717) is 12.1 Å².